The van der Waals surface area contributed by atoms with Gasteiger partial charge in [0.2, 0.25) is 0 Å². The van der Waals surface area contributed by atoms with Crippen molar-refractivity contribution in [3.63, 3.8) is 0 Å². The minimum Gasteiger partial charge on any atom is -0.493 e. The van der Waals surface area contributed by atoms with Crippen molar-refractivity contribution in [1.82, 2.24) is 9.80 Å². The minimum absolute atomic E-state index is 0.261. The predicted octanol–water partition coefficient (Wildman–Crippen LogP) is 1.46. The van der Waals surface area contributed by atoms with Gasteiger partial charge in [-0.3, -0.25) is 9.80 Å². The number of aliphatic hydroxyl groups is 1. The van der Waals surface area contributed by atoms with Crippen LogP contribution in [0.1, 0.15) is 13.8 Å². The molecule has 1 fully saturated rings. The van der Waals surface area contributed by atoms with Crippen LogP contribution in [0.25, 0.3) is 0 Å². The van der Waals surface area contributed by atoms with Crippen molar-refractivity contribution in [3.05, 3.63) is 24.3 Å². The first kappa shape index (κ1) is 17.1. The predicted molar refractivity (Wildman–Crippen MR) is 87.6 cm³/mol. The number of aliphatic hydroxyl groups excluding tert-OH is 1. The van der Waals surface area contributed by atoms with Gasteiger partial charge in [-0.1, -0.05) is 12.1 Å². The molecule has 1 aliphatic rings. The summed E-state index contributed by atoms with van der Waals surface area (Å²) >= 11 is 0. The van der Waals surface area contributed by atoms with Crippen LogP contribution < -0.4 is 9.47 Å². The Kier molecular flexibility index (Phi) is 6.49. The van der Waals surface area contributed by atoms with E-state index in [1.807, 2.05) is 31.2 Å². The number of β-amino-alcohol motifs (C(OH)–C–C–N with tert-alkyl or cyclic N) is 1. The number of piperazine rings is 1. The number of nitrogens with zero attached hydrogens (tertiary/aromatic N) is 2. The molecule has 1 aromatic rings. The summed E-state index contributed by atoms with van der Waals surface area (Å²) in [5.41, 5.74) is 0. The second-order valence-electron chi connectivity index (χ2n) is 5.99. The van der Waals surface area contributed by atoms with Crippen molar-refractivity contribution < 1.29 is 14.6 Å². The number of rotatable bonds is 7. The van der Waals surface area contributed by atoms with Gasteiger partial charge in [0.15, 0.2) is 11.5 Å². The second kappa shape index (κ2) is 8.36. The Balaban J connectivity index is 1.74. The maximum absolute atomic E-state index is 9.52. The van der Waals surface area contributed by atoms with Gasteiger partial charge in [-0.2, -0.15) is 0 Å². The van der Waals surface area contributed by atoms with E-state index in [9.17, 15) is 5.11 Å². The molecule has 2 atom stereocenters. The highest BCUT2D eigenvalue weighted by atomic mass is 16.5. The van der Waals surface area contributed by atoms with E-state index < -0.39 is 0 Å². The van der Waals surface area contributed by atoms with Crippen LogP contribution in [0.3, 0.4) is 0 Å². The van der Waals surface area contributed by atoms with Crippen LogP contribution in [0.5, 0.6) is 11.5 Å². The molecule has 1 N–H and O–H groups in total. The summed E-state index contributed by atoms with van der Waals surface area (Å²) in [6.07, 6.45) is -0.261. The first-order chi connectivity index (χ1) is 10.6. The number of benzene rings is 1. The smallest absolute Gasteiger partial charge is 0.161 e. The van der Waals surface area contributed by atoms with Gasteiger partial charge < -0.3 is 14.6 Å². The number of ether oxygens (including phenoxy) is 2. The zero-order valence-electron chi connectivity index (χ0n) is 13.9. The van der Waals surface area contributed by atoms with Crippen LogP contribution >= 0.6 is 0 Å². The highest BCUT2D eigenvalue weighted by Crippen LogP contribution is 2.25. The first-order valence-corrected chi connectivity index (χ1v) is 8.00. The molecule has 5 heteroatoms. The first-order valence-electron chi connectivity index (χ1n) is 8.00. The van der Waals surface area contributed by atoms with Crippen molar-refractivity contribution in [1.29, 1.82) is 0 Å². The van der Waals surface area contributed by atoms with Gasteiger partial charge in [0.05, 0.1) is 13.2 Å². The topological polar surface area (TPSA) is 45.2 Å². The third-order valence-corrected chi connectivity index (χ3v) is 4.08. The molecule has 1 aromatic carbocycles. The molecule has 1 saturated heterocycles. The van der Waals surface area contributed by atoms with Crippen molar-refractivity contribution in [2.45, 2.75) is 26.0 Å². The highest BCUT2D eigenvalue weighted by molar-refractivity contribution is 5.39. The Hall–Kier alpha value is -1.30. The quantitative estimate of drug-likeness (QED) is 0.826. The Morgan fingerprint density at radius 2 is 2.00 bits per heavy atom. The SMILES string of the molecule is COc1ccccc1OCCN1CCN(C[C@@H](C)O)[C@@H](C)C1. The molecule has 22 heavy (non-hydrogen) atoms. The molecular weight excluding hydrogens is 280 g/mol. The van der Waals surface area contributed by atoms with E-state index in [0.717, 1.165) is 44.2 Å². The lowest BCUT2D eigenvalue weighted by atomic mass is 10.1. The Morgan fingerprint density at radius 3 is 2.64 bits per heavy atom. The van der Waals surface area contributed by atoms with E-state index in [2.05, 4.69) is 16.7 Å². The van der Waals surface area contributed by atoms with E-state index in [0.29, 0.717) is 12.6 Å². The molecule has 0 aromatic heterocycles. The number of hydrogen-bond donors (Lipinski definition) is 1. The molecule has 0 amide bonds. The van der Waals surface area contributed by atoms with E-state index in [4.69, 9.17) is 9.47 Å². The lowest BCUT2D eigenvalue weighted by Gasteiger charge is -2.40. The third-order valence-electron chi connectivity index (χ3n) is 4.08. The van der Waals surface area contributed by atoms with Crippen molar-refractivity contribution in [2.75, 3.05) is 46.4 Å². The average Bonchev–Trinajstić information content (AvgIpc) is 2.50. The molecule has 0 unspecified atom stereocenters. The molecule has 0 spiro atoms. The van der Waals surface area contributed by atoms with Crippen LogP contribution in [0.2, 0.25) is 0 Å². The monoisotopic (exact) mass is 308 g/mol. The molecule has 1 aliphatic heterocycles. The molecular formula is C17H28N2O3. The Bertz CT molecular complexity index is 453. The van der Waals surface area contributed by atoms with Gasteiger partial charge in [-0.05, 0) is 26.0 Å². The van der Waals surface area contributed by atoms with Gasteiger partial charge >= 0.3 is 0 Å². The zero-order valence-corrected chi connectivity index (χ0v) is 13.9. The summed E-state index contributed by atoms with van der Waals surface area (Å²) in [6.45, 7) is 9.42. The summed E-state index contributed by atoms with van der Waals surface area (Å²) in [4.78, 5) is 4.76. The second-order valence-corrected chi connectivity index (χ2v) is 5.99. The van der Waals surface area contributed by atoms with Crippen LogP contribution in [-0.4, -0.2) is 73.5 Å². The summed E-state index contributed by atoms with van der Waals surface area (Å²) < 4.78 is 11.1. The van der Waals surface area contributed by atoms with Gasteiger partial charge in [0.25, 0.3) is 0 Å². The third kappa shape index (κ3) is 4.87. The largest absolute Gasteiger partial charge is 0.493 e. The van der Waals surface area contributed by atoms with E-state index in [1.165, 1.54) is 0 Å². The number of hydrogen-bond acceptors (Lipinski definition) is 5. The summed E-state index contributed by atoms with van der Waals surface area (Å²) in [7, 11) is 1.66. The maximum atomic E-state index is 9.52. The fourth-order valence-electron chi connectivity index (χ4n) is 2.91. The van der Waals surface area contributed by atoms with Crippen molar-refractivity contribution in [2.24, 2.45) is 0 Å². The summed E-state index contributed by atoms with van der Waals surface area (Å²) in [5, 5.41) is 9.52. The fourth-order valence-corrected chi connectivity index (χ4v) is 2.91. The average molecular weight is 308 g/mol. The minimum atomic E-state index is -0.261. The van der Waals surface area contributed by atoms with Gasteiger partial charge in [0.1, 0.15) is 6.61 Å². The van der Waals surface area contributed by atoms with Crippen LogP contribution in [0.4, 0.5) is 0 Å². The zero-order chi connectivity index (χ0) is 15.9. The van der Waals surface area contributed by atoms with Crippen LogP contribution in [0, 0.1) is 0 Å². The van der Waals surface area contributed by atoms with Crippen LogP contribution in [-0.2, 0) is 0 Å². The molecule has 0 saturated carbocycles. The summed E-state index contributed by atoms with van der Waals surface area (Å²) in [6, 6.07) is 8.20. The standard InChI is InChI=1S/C17H28N2O3/c1-14-12-18(8-9-19(14)13-15(2)20)10-11-22-17-7-5-4-6-16(17)21-3/h4-7,14-15,20H,8-13H2,1-3H3/t14-,15+/m0/s1. The fraction of sp³-hybridized carbons (Fsp3) is 0.647. The normalized spacial score (nSPS) is 21.5. The van der Waals surface area contributed by atoms with E-state index in [1.54, 1.807) is 7.11 Å². The molecule has 0 aliphatic carbocycles. The molecule has 124 valence electrons. The Labute approximate surface area is 133 Å². The van der Waals surface area contributed by atoms with E-state index in [-0.39, 0.29) is 6.10 Å². The molecule has 1 heterocycles. The number of para-hydroxylation sites is 2. The Morgan fingerprint density at radius 1 is 1.27 bits per heavy atom. The molecule has 0 radical (unpaired) electrons. The highest BCUT2D eigenvalue weighted by Gasteiger charge is 2.24. The van der Waals surface area contributed by atoms with Gasteiger partial charge in [-0.25, -0.2) is 0 Å². The molecule has 5 nitrogen and oxygen atoms in total. The van der Waals surface area contributed by atoms with Crippen LogP contribution in [0.15, 0.2) is 24.3 Å². The van der Waals surface area contributed by atoms with Gasteiger partial charge in [0, 0.05) is 38.8 Å². The summed E-state index contributed by atoms with van der Waals surface area (Å²) in [5.74, 6) is 1.57. The molecule has 0 bridgehead atoms. The van der Waals surface area contributed by atoms with Gasteiger partial charge in [-0.15, -0.1) is 0 Å². The number of methoxy groups -OCH3 is 1. The van der Waals surface area contributed by atoms with Crippen molar-refractivity contribution in [3.8, 4) is 11.5 Å². The van der Waals surface area contributed by atoms with E-state index >= 15 is 0 Å². The van der Waals surface area contributed by atoms with Crippen molar-refractivity contribution >= 4 is 0 Å². The lowest BCUT2D eigenvalue weighted by Crippen LogP contribution is -2.54. The maximum Gasteiger partial charge on any atom is 0.161 e. The molecule has 2 rings (SSSR count). The lowest BCUT2D eigenvalue weighted by molar-refractivity contribution is 0.0403.